The maximum atomic E-state index is 12.6. The standard InChI is InChI=1S/C17H16N4O4S/c1-18-17(24)20-14(22)8-21-9-19-12-7-13(26-15(12)16(21)23)10-3-5-11(25-2)6-4-10/h3-7,9H,8H2,1-2H3,(H2,18,20,22,24). The Bertz CT molecular complexity index is 1020. The average Bonchev–Trinajstić information content (AvgIpc) is 3.09. The Morgan fingerprint density at radius 2 is 2.00 bits per heavy atom. The minimum atomic E-state index is -0.630. The van der Waals surface area contributed by atoms with Crippen LogP contribution in [0.3, 0.4) is 0 Å². The Hall–Kier alpha value is -3.20. The number of nitrogens with one attached hydrogen (secondary N) is 2. The Morgan fingerprint density at radius 1 is 1.27 bits per heavy atom. The lowest BCUT2D eigenvalue weighted by molar-refractivity contribution is -0.120. The van der Waals surface area contributed by atoms with Gasteiger partial charge in [0.1, 0.15) is 17.0 Å². The van der Waals surface area contributed by atoms with E-state index in [0.717, 1.165) is 16.2 Å². The molecule has 0 aliphatic carbocycles. The van der Waals surface area contributed by atoms with Crippen molar-refractivity contribution in [2.75, 3.05) is 14.2 Å². The molecule has 0 bridgehead atoms. The van der Waals surface area contributed by atoms with Crippen LogP contribution in [0.15, 0.2) is 41.5 Å². The van der Waals surface area contributed by atoms with E-state index in [1.807, 2.05) is 30.3 Å². The van der Waals surface area contributed by atoms with Crippen LogP contribution in [0.5, 0.6) is 5.75 Å². The molecule has 0 spiro atoms. The summed E-state index contributed by atoms with van der Waals surface area (Å²) in [5.74, 6) is 0.150. The summed E-state index contributed by atoms with van der Waals surface area (Å²) in [4.78, 5) is 40.7. The van der Waals surface area contributed by atoms with Gasteiger partial charge in [-0.2, -0.15) is 0 Å². The molecular formula is C17H16N4O4S. The third-order valence-corrected chi connectivity index (χ3v) is 4.83. The Balaban J connectivity index is 1.90. The minimum absolute atomic E-state index is 0.287. The van der Waals surface area contributed by atoms with E-state index in [1.54, 1.807) is 7.11 Å². The highest BCUT2D eigenvalue weighted by molar-refractivity contribution is 7.22. The molecule has 9 heteroatoms. The van der Waals surface area contributed by atoms with E-state index in [1.165, 1.54) is 29.3 Å². The van der Waals surface area contributed by atoms with Gasteiger partial charge in [0, 0.05) is 11.9 Å². The summed E-state index contributed by atoms with van der Waals surface area (Å²) in [5.41, 5.74) is 1.18. The van der Waals surface area contributed by atoms with E-state index < -0.39 is 11.9 Å². The Kier molecular flexibility index (Phi) is 4.99. The van der Waals surface area contributed by atoms with Gasteiger partial charge in [0.15, 0.2) is 0 Å². The number of nitrogens with zero attached hydrogens (tertiary/aromatic N) is 2. The highest BCUT2D eigenvalue weighted by atomic mass is 32.1. The van der Waals surface area contributed by atoms with Crippen molar-refractivity contribution in [1.29, 1.82) is 0 Å². The number of carbonyl (C=O) groups is 2. The van der Waals surface area contributed by atoms with E-state index in [9.17, 15) is 14.4 Å². The van der Waals surface area contributed by atoms with Crippen LogP contribution in [-0.4, -0.2) is 35.6 Å². The zero-order chi connectivity index (χ0) is 18.7. The number of ether oxygens (including phenoxy) is 1. The van der Waals surface area contributed by atoms with Crippen LogP contribution in [0.25, 0.3) is 20.7 Å². The largest absolute Gasteiger partial charge is 0.497 e. The first kappa shape index (κ1) is 17.6. The van der Waals surface area contributed by atoms with Gasteiger partial charge in [-0.05, 0) is 35.9 Å². The summed E-state index contributed by atoms with van der Waals surface area (Å²) >= 11 is 1.30. The Labute approximate surface area is 152 Å². The summed E-state index contributed by atoms with van der Waals surface area (Å²) in [6, 6.07) is 8.69. The molecule has 134 valence electrons. The van der Waals surface area contributed by atoms with Crippen molar-refractivity contribution < 1.29 is 14.3 Å². The first-order valence-electron chi connectivity index (χ1n) is 7.67. The van der Waals surface area contributed by atoms with Crippen molar-refractivity contribution in [3.63, 3.8) is 0 Å². The molecule has 1 aromatic carbocycles. The molecule has 2 aromatic heterocycles. The summed E-state index contributed by atoms with van der Waals surface area (Å²) in [6.45, 7) is -0.287. The number of methoxy groups -OCH3 is 1. The van der Waals surface area contributed by atoms with E-state index in [-0.39, 0.29) is 12.1 Å². The second-order valence-corrected chi connectivity index (χ2v) is 6.41. The van der Waals surface area contributed by atoms with Gasteiger partial charge < -0.3 is 10.1 Å². The summed E-state index contributed by atoms with van der Waals surface area (Å²) < 4.78 is 6.77. The lowest BCUT2D eigenvalue weighted by atomic mass is 10.2. The van der Waals surface area contributed by atoms with Crippen LogP contribution in [0.1, 0.15) is 0 Å². The number of benzene rings is 1. The monoisotopic (exact) mass is 372 g/mol. The van der Waals surface area contributed by atoms with Gasteiger partial charge in [0.2, 0.25) is 5.91 Å². The number of rotatable bonds is 4. The molecule has 0 saturated carbocycles. The molecule has 3 rings (SSSR count). The topological polar surface area (TPSA) is 102 Å². The summed E-state index contributed by atoms with van der Waals surface area (Å²) in [5, 5.41) is 4.39. The number of hydrogen-bond acceptors (Lipinski definition) is 6. The van der Waals surface area contributed by atoms with Crippen LogP contribution >= 0.6 is 11.3 Å². The fraction of sp³-hybridized carbons (Fsp3) is 0.176. The lowest BCUT2D eigenvalue weighted by Gasteiger charge is -2.05. The molecule has 0 fully saturated rings. The zero-order valence-corrected chi connectivity index (χ0v) is 14.9. The number of imide groups is 1. The van der Waals surface area contributed by atoms with Crippen molar-refractivity contribution in [2.45, 2.75) is 6.54 Å². The molecular weight excluding hydrogens is 356 g/mol. The number of aromatic nitrogens is 2. The van der Waals surface area contributed by atoms with Gasteiger partial charge in [0.25, 0.3) is 5.56 Å². The van der Waals surface area contributed by atoms with Gasteiger partial charge in [-0.15, -0.1) is 11.3 Å². The molecule has 0 radical (unpaired) electrons. The predicted molar refractivity (Wildman–Crippen MR) is 98.5 cm³/mol. The third kappa shape index (κ3) is 3.57. The highest BCUT2D eigenvalue weighted by Gasteiger charge is 2.13. The van der Waals surface area contributed by atoms with Gasteiger partial charge in [-0.1, -0.05) is 0 Å². The number of carbonyl (C=O) groups excluding carboxylic acids is 2. The Morgan fingerprint density at radius 3 is 2.65 bits per heavy atom. The van der Waals surface area contributed by atoms with Gasteiger partial charge in [-0.25, -0.2) is 9.78 Å². The average molecular weight is 372 g/mol. The van der Waals surface area contributed by atoms with Crippen molar-refractivity contribution in [1.82, 2.24) is 20.2 Å². The maximum Gasteiger partial charge on any atom is 0.321 e. The summed E-state index contributed by atoms with van der Waals surface area (Å²) in [6.07, 6.45) is 1.30. The first-order chi connectivity index (χ1) is 12.5. The van der Waals surface area contributed by atoms with Crippen molar-refractivity contribution in [2.24, 2.45) is 0 Å². The second-order valence-electron chi connectivity index (χ2n) is 5.36. The number of fused-ring (bicyclic) bond motifs is 1. The summed E-state index contributed by atoms with van der Waals surface area (Å²) in [7, 11) is 3.00. The van der Waals surface area contributed by atoms with Crippen LogP contribution in [0, 0.1) is 0 Å². The first-order valence-corrected chi connectivity index (χ1v) is 8.48. The van der Waals surface area contributed by atoms with E-state index in [4.69, 9.17) is 4.74 Å². The number of urea groups is 1. The smallest absolute Gasteiger partial charge is 0.321 e. The van der Waals surface area contributed by atoms with E-state index in [2.05, 4.69) is 15.6 Å². The molecule has 3 amide bonds. The molecule has 0 unspecified atom stereocenters. The van der Waals surface area contributed by atoms with Gasteiger partial charge >= 0.3 is 6.03 Å². The molecule has 2 N–H and O–H groups in total. The molecule has 3 aromatic rings. The van der Waals surface area contributed by atoms with Crippen LogP contribution in [-0.2, 0) is 11.3 Å². The fourth-order valence-electron chi connectivity index (χ4n) is 2.34. The SMILES string of the molecule is CNC(=O)NC(=O)Cn1cnc2cc(-c3ccc(OC)cc3)sc2c1=O. The normalized spacial score (nSPS) is 10.5. The van der Waals surface area contributed by atoms with Gasteiger partial charge in [0.05, 0.1) is 19.0 Å². The number of amides is 3. The minimum Gasteiger partial charge on any atom is -0.497 e. The van der Waals surface area contributed by atoms with Crippen LogP contribution < -0.4 is 20.9 Å². The number of hydrogen-bond donors (Lipinski definition) is 2. The molecule has 2 heterocycles. The highest BCUT2D eigenvalue weighted by Crippen LogP contribution is 2.31. The maximum absolute atomic E-state index is 12.6. The van der Waals surface area contributed by atoms with E-state index >= 15 is 0 Å². The second kappa shape index (κ2) is 7.36. The van der Waals surface area contributed by atoms with Gasteiger partial charge in [-0.3, -0.25) is 19.5 Å². The predicted octanol–water partition coefficient (Wildman–Crippen LogP) is 1.59. The quantitative estimate of drug-likeness (QED) is 0.724. The van der Waals surface area contributed by atoms with Crippen LogP contribution in [0.2, 0.25) is 0 Å². The molecule has 0 saturated heterocycles. The van der Waals surface area contributed by atoms with Crippen LogP contribution in [0.4, 0.5) is 4.79 Å². The molecule has 0 aliphatic rings. The number of thiophene rings is 1. The van der Waals surface area contributed by atoms with Crippen molar-refractivity contribution >= 4 is 33.5 Å². The fourth-order valence-corrected chi connectivity index (χ4v) is 3.40. The third-order valence-electron chi connectivity index (χ3n) is 3.67. The molecule has 0 aliphatic heterocycles. The van der Waals surface area contributed by atoms with Crippen molar-refractivity contribution in [3.8, 4) is 16.2 Å². The van der Waals surface area contributed by atoms with E-state index in [0.29, 0.717) is 10.2 Å². The lowest BCUT2D eigenvalue weighted by Crippen LogP contribution is -2.40. The molecule has 26 heavy (non-hydrogen) atoms. The molecule has 8 nitrogen and oxygen atoms in total. The molecule has 0 atom stereocenters. The van der Waals surface area contributed by atoms with Crippen molar-refractivity contribution in [3.05, 3.63) is 47.0 Å². The zero-order valence-electron chi connectivity index (χ0n) is 14.1.